The maximum atomic E-state index is 11.8. The Hall–Kier alpha value is -1.69. The maximum absolute atomic E-state index is 11.8. The summed E-state index contributed by atoms with van der Waals surface area (Å²) in [6.45, 7) is 0.763. The van der Waals surface area contributed by atoms with Crippen LogP contribution in [0.5, 0.6) is 0 Å². The van der Waals surface area contributed by atoms with E-state index < -0.39 is 18.1 Å². The van der Waals surface area contributed by atoms with Gasteiger partial charge in [0.15, 0.2) is 0 Å². The number of rotatable bonds is 6. The van der Waals surface area contributed by atoms with Crippen LogP contribution in [0, 0.1) is 0 Å². The zero-order chi connectivity index (χ0) is 16.2. The number of carbonyl (C=O) groups is 1. The minimum absolute atomic E-state index is 0.0891. The summed E-state index contributed by atoms with van der Waals surface area (Å²) in [4.78, 5) is 13.8. The summed E-state index contributed by atoms with van der Waals surface area (Å²) in [5.74, 6) is -0.815. The molecule has 1 aliphatic heterocycles. The zero-order valence-electron chi connectivity index (χ0n) is 12.8. The van der Waals surface area contributed by atoms with E-state index in [0.29, 0.717) is 6.42 Å². The number of thiophene rings is 1. The van der Waals surface area contributed by atoms with Gasteiger partial charge in [-0.25, -0.2) is 0 Å². The van der Waals surface area contributed by atoms with Gasteiger partial charge in [0.05, 0.1) is 6.10 Å². The summed E-state index contributed by atoms with van der Waals surface area (Å²) in [7, 11) is 0. The number of aliphatic hydroxyl groups is 1. The number of hydrogen-bond donors (Lipinski definition) is 2. The monoisotopic (exact) mass is 331 g/mol. The molecule has 2 aromatic rings. The summed E-state index contributed by atoms with van der Waals surface area (Å²) in [6, 6.07) is 10.9. The predicted molar refractivity (Wildman–Crippen MR) is 90.4 cm³/mol. The fourth-order valence-electron chi connectivity index (χ4n) is 3.43. The highest BCUT2D eigenvalue weighted by atomic mass is 32.1. The van der Waals surface area contributed by atoms with Crippen LogP contribution in [-0.2, 0) is 4.79 Å². The lowest BCUT2D eigenvalue weighted by Crippen LogP contribution is -2.38. The number of carboxylic acid groups (broad SMARTS) is 1. The second-order valence-corrected chi connectivity index (χ2v) is 6.77. The van der Waals surface area contributed by atoms with E-state index in [1.54, 1.807) is 0 Å². The SMILES string of the molecule is O=C(O)C(c1ccsc1)N1CCCC1CC(O)c1ccccc1. The van der Waals surface area contributed by atoms with Crippen LogP contribution in [0.25, 0.3) is 0 Å². The molecular formula is C18H21NO3S. The number of carboxylic acids is 1. The molecule has 0 spiro atoms. The highest BCUT2D eigenvalue weighted by Gasteiger charge is 2.36. The quantitative estimate of drug-likeness (QED) is 0.851. The van der Waals surface area contributed by atoms with E-state index in [1.165, 1.54) is 11.3 Å². The fraction of sp³-hybridized carbons (Fsp3) is 0.389. The van der Waals surface area contributed by atoms with Crippen molar-refractivity contribution in [2.75, 3.05) is 6.54 Å². The first-order valence-corrected chi connectivity index (χ1v) is 8.84. The third kappa shape index (κ3) is 3.63. The van der Waals surface area contributed by atoms with E-state index in [4.69, 9.17) is 0 Å². The number of likely N-dealkylation sites (tertiary alicyclic amines) is 1. The molecule has 1 aliphatic rings. The predicted octanol–water partition coefficient (Wildman–Crippen LogP) is 3.46. The Balaban J connectivity index is 1.75. The van der Waals surface area contributed by atoms with Crippen molar-refractivity contribution in [2.24, 2.45) is 0 Å². The fourth-order valence-corrected chi connectivity index (χ4v) is 4.11. The Morgan fingerprint density at radius 2 is 2.04 bits per heavy atom. The molecule has 1 fully saturated rings. The number of aliphatic hydroxyl groups excluding tert-OH is 1. The minimum Gasteiger partial charge on any atom is -0.480 e. The minimum atomic E-state index is -0.815. The lowest BCUT2D eigenvalue weighted by molar-refractivity contribution is -0.144. The van der Waals surface area contributed by atoms with Gasteiger partial charge in [-0.05, 0) is 53.8 Å². The summed E-state index contributed by atoms with van der Waals surface area (Å²) in [5.41, 5.74) is 1.73. The Morgan fingerprint density at radius 1 is 1.26 bits per heavy atom. The molecule has 3 rings (SSSR count). The lowest BCUT2D eigenvalue weighted by atomic mass is 9.99. The number of nitrogens with zero attached hydrogens (tertiary/aromatic N) is 1. The Morgan fingerprint density at radius 3 is 2.70 bits per heavy atom. The van der Waals surface area contributed by atoms with Gasteiger partial charge in [-0.3, -0.25) is 9.69 Å². The topological polar surface area (TPSA) is 60.8 Å². The largest absolute Gasteiger partial charge is 0.480 e. The van der Waals surface area contributed by atoms with E-state index in [1.807, 2.05) is 52.1 Å². The number of benzene rings is 1. The van der Waals surface area contributed by atoms with E-state index in [2.05, 4.69) is 0 Å². The molecular weight excluding hydrogens is 310 g/mol. The van der Waals surface area contributed by atoms with Gasteiger partial charge in [-0.1, -0.05) is 30.3 Å². The van der Waals surface area contributed by atoms with Gasteiger partial charge < -0.3 is 10.2 Å². The van der Waals surface area contributed by atoms with Gasteiger partial charge in [0, 0.05) is 6.04 Å². The molecule has 1 aromatic carbocycles. The first-order chi connectivity index (χ1) is 11.2. The molecule has 1 saturated heterocycles. The normalized spacial score (nSPS) is 21.2. The van der Waals surface area contributed by atoms with Crippen LogP contribution in [0.1, 0.15) is 42.5 Å². The highest BCUT2D eigenvalue weighted by Crippen LogP contribution is 2.34. The number of aliphatic carboxylic acids is 1. The van der Waals surface area contributed by atoms with Crippen molar-refractivity contribution >= 4 is 17.3 Å². The summed E-state index contributed by atoms with van der Waals surface area (Å²) < 4.78 is 0. The van der Waals surface area contributed by atoms with Gasteiger partial charge >= 0.3 is 5.97 Å². The summed E-state index contributed by atoms with van der Waals surface area (Å²) >= 11 is 1.52. The molecule has 0 aliphatic carbocycles. The molecule has 0 saturated carbocycles. The molecule has 2 N–H and O–H groups in total. The Kier molecular flexibility index (Phi) is 5.10. The van der Waals surface area contributed by atoms with Gasteiger partial charge in [-0.15, -0.1) is 0 Å². The molecule has 0 radical (unpaired) electrons. The van der Waals surface area contributed by atoms with Gasteiger partial charge in [-0.2, -0.15) is 11.3 Å². The third-order valence-electron chi connectivity index (χ3n) is 4.53. The molecule has 3 unspecified atom stereocenters. The number of hydrogen-bond acceptors (Lipinski definition) is 4. The Bertz CT molecular complexity index is 629. The second kappa shape index (κ2) is 7.25. The van der Waals surface area contributed by atoms with Crippen molar-refractivity contribution in [1.82, 2.24) is 4.90 Å². The first-order valence-electron chi connectivity index (χ1n) is 7.90. The smallest absolute Gasteiger partial charge is 0.325 e. The van der Waals surface area contributed by atoms with E-state index in [-0.39, 0.29) is 6.04 Å². The molecule has 0 bridgehead atoms. The van der Waals surface area contributed by atoms with E-state index in [0.717, 1.165) is 30.5 Å². The van der Waals surface area contributed by atoms with Crippen LogP contribution in [0.3, 0.4) is 0 Å². The Labute approximate surface area is 140 Å². The molecule has 1 aromatic heterocycles. The molecule has 2 heterocycles. The third-order valence-corrected chi connectivity index (χ3v) is 5.23. The molecule has 23 heavy (non-hydrogen) atoms. The average molecular weight is 331 g/mol. The van der Waals surface area contributed by atoms with Gasteiger partial charge in [0.1, 0.15) is 6.04 Å². The van der Waals surface area contributed by atoms with Crippen LogP contribution in [0.2, 0.25) is 0 Å². The second-order valence-electron chi connectivity index (χ2n) is 5.99. The van der Waals surface area contributed by atoms with Crippen molar-refractivity contribution in [2.45, 2.75) is 37.5 Å². The summed E-state index contributed by atoms with van der Waals surface area (Å²) in [5, 5.41) is 24.0. The van der Waals surface area contributed by atoms with Crippen LogP contribution >= 0.6 is 11.3 Å². The maximum Gasteiger partial charge on any atom is 0.325 e. The molecule has 122 valence electrons. The highest BCUT2D eigenvalue weighted by molar-refractivity contribution is 7.08. The van der Waals surface area contributed by atoms with Crippen molar-refractivity contribution in [1.29, 1.82) is 0 Å². The molecule has 5 heteroatoms. The van der Waals surface area contributed by atoms with E-state index in [9.17, 15) is 15.0 Å². The molecule has 4 nitrogen and oxygen atoms in total. The zero-order valence-corrected chi connectivity index (χ0v) is 13.7. The van der Waals surface area contributed by atoms with Crippen LogP contribution in [0.4, 0.5) is 0 Å². The average Bonchev–Trinajstić information content (AvgIpc) is 3.21. The standard InChI is InChI=1S/C18H21NO3S/c20-16(13-5-2-1-3-6-13)11-15-7-4-9-19(15)17(18(21)22)14-8-10-23-12-14/h1-3,5-6,8,10,12,15-17,20H,4,7,9,11H2,(H,21,22). The van der Waals surface area contributed by atoms with Gasteiger partial charge in [0.25, 0.3) is 0 Å². The van der Waals surface area contributed by atoms with Crippen molar-refractivity contribution in [3.05, 3.63) is 58.3 Å². The van der Waals surface area contributed by atoms with Crippen molar-refractivity contribution in [3.8, 4) is 0 Å². The van der Waals surface area contributed by atoms with E-state index >= 15 is 0 Å². The van der Waals surface area contributed by atoms with Crippen molar-refractivity contribution < 1.29 is 15.0 Å². The molecule has 0 amide bonds. The van der Waals surface area contributed by atoms with Crippen molar-refractivity contribution in [3.63, 3.8) is 0 Å². The first kappa shape index (κ1) is 16.2. The summed E-state index contributed by atoms with van der Waals surface area (Å²) in [6.07, 6.45) is 1.91. The lowest BCUT2D eigenvalue weighted by Gasteiger charge is -2.31. The van der Waals surface area contributed by atoms with Crippen LogP contribution in [-0.4, -0.2) is 33.7 Å². The van der Waals surface area contributed by atoms with Gasteiger partial charge in [0.2, 0.25) is 0 Å². The van der Waals surface area contributed by atoms with Crippen LogP contribution < -0.4 is 0 Å². The molecule has 3 atom stereocenters. The van der Waals surface area contributed by atoms with Crippen LogP contribution in [0.15, 0.2) is 47.2 Å².